The number of carbonyl (C=O) groups excluding carboxylic acids is 1. The van der Waals surface area contributed by atoms with Crippen molar-refractivity contribution in [2.24, 2.45) is 0 Å². The van der Waals surface area contributed by atoms with Crippen LogP contribution in [0.3, 0.4) is 0 Å². The highest BCUT2D eigenvalue weighted by molar-refractivity contribution is 5.73. The smallest absolute Gasteiger partial charge is 0.309 e. The third-order valence-electron chi connectivity index (χ3n) is 2.12. The summed E-state index contributed by atoms with van der Waals surface area (Å²) in [7, 11) is 1.35. The van der Waals surface area contributed by atoms with Gasteiger partial charge in [-0.3, -0.25) is 4.79 Å². The Morgan fingerprint density at radius 3 is 2.88 bits per heavy atom. The summed E-state index contributed by atoms with van der Waals surface area (Å²) in [4.78, 5) is 15.0. The Bertz CT molecular complexity index is 427. The summed E-state index contributed by atoms with van der Waals surface area (Å²) in [5.74, 6) is 0.0351. The Kier molecular flexibility index (Phi) is 3.88. The number of hydrogen-bond acceptors (Lipinski definition) is 5. The van der Waals surface area contributed by atoms with E-state index in [0.29, 0.717) is 11.5 Å². The third kappa shape index (κ3) is 2.98. The third-order valence-corrected chi connectivity index (χ3v) is 2.12. The molecule has 0 atom stereocenters. The zero-order valence-electron chi connectivity index (χ0n) is 9.36. The van der Waals surface area contributed by atoms with Gasteiger partial charge in [0.05, 0.1) is 19.2 Å². The molecule has 0 bridgehead atoms. The maximum Gasteiger partial charge on any atom is 0.309 e. The van der Waals surface area contributed by atoms with Gasteiger partial charge in [0.1, 0.15) is 5.82 Å². The number of nitrogens with two attached hydrogens (primary N) is 2. The summed E-state index contributed by atoms with van der Waals surface area (Å²) in [6.07, 6.45) is 3.70. The molecule has 0 saturated heterocycles. The minimum atomic E-state index is -0.287. The Labute approximate surface area is 94.1 Å². The molecule has 0 spiro atoms. The fourth-order valence-electron chi connectivity index (χ4n) is 1.19. The van der Waals surface area contributed by atoms with E-state index in [1.165, 1.54) is 7.11 Å². The molecule has 0 amide bonds. The molecule has 0 saturated carbocycles. The van der Waals surface area contributed by atoms with E-state index in [4.69, 9.17) is 11.5 Å². The molecule has 0 unspecified atom stereocenters. The molecule has 0 aliphatic rings. The number of aryl methyl sites for hydroxylation is 1. The van der Waals surface area contributed by atoms with Crippen LogP contribution in [0.1, 0.15) is 17.7 Å². The molecule has 0 aliphatic heterocycles. The summed E-state index contributed by atoms with van der Waals surface area (Å²) in [5.41, 5.74) is 13.2. The quantitative estimate of drug-likeness (QED) is 0.746. The fraction of sp³-hybridized carbons (Fsp3) is 0.273. The van der Waals surface area contributed by atoms with Crippen LogP contribution in [-0.2, 0) is 9.53 Å². The van der Waals surface area contributed by atoms with Crippen LogP contribution in [0.25, 0.3) is 6.08 Å². The number of aromatic nitrogens is 1. The van der Waals surface area contributed by atoms with Gasteiger partial charge in [-0.25, -0.2) is 4.98 Å². The molecular weight excluding hydrogens is 206 g/mol. The molecule has 1 rings (SSSR count). The number of esters is 1. The first kappa shape index (κ1) is 12.0. The zero-order chi connectivity index (χ0) is 12.1. The second-order valence-electron chi connectivity index (χ2n) is 3.32. The number of rotatable bonds is 3. The van der Waals surface area contributed by atoms with E-state index in [1.807, 2.05) is 6.92 Å². The van der Waals surface area contributed by atoms with Crippen LogP contribution >= 0.6 is 0 Å². The van der Waals surface area contributed by atoms with Crippen LogP contribution in [0.4, 0.5) is 11.5 Å². The van der Waals surface area contributed by atoms with Crippen molar-refractivity contribution in [2.75, 3.05) is 18.6 Å². The molecule has 1 aromatic heterocycles. The first-order valence-electron chi connectivity index (χ1n) is 4.80. The monoisotopic (exact) mass is 221 g/mol. The molecule has 4 N–H and O–H groups in total. The topological polar surface area (TPSA) is 91.2 Å². The van der Waals surface area contributed by atoms with Crippen LogP contribution in [0.5, 0.6) is 0 Å². The molecule has 86 valence electrons. The minimum absolute atomic E-state index is 0.222. The van der Waals surface area contributed by atoms with Gasteiger partial charge in [0.2, 0.25) is 0 Å². The van der Waals surface area contributed by atoms with E-state index in [0.717, 1.165) is 11.3 Å². The summed E-state index contributed by atoms with van der Waals surface area (Å²) in [5, 5.41) is 0. The fourth-order valence-corrected chi connectivity index (χ4v) is 1.19. The van der Waals surface area contributed by atoms with Crippen LogP contribution in [0.15, 0.2) is 12.1 Å². The van der Waals surface area contributed by atoms with E-state index in [9.17, 15) is 4.79 Å². The summed E-state index contributed by atoms with van der Waals surface area (Å²) in [6.45, 7) is 1.83. The molecule has 0 radical (unpaired) electrons. The van der Waals surface area contributed by atoms with E-state index < -0.39 is 0 Å². The number of anilines is 2. The maximum atomic E-state index is 10.9. The predicted molar refractivity (Wildman–Crippen MR) is 63.5 cm³/mol. The Morgan fingerprint density at radius 2 is 2.25 bits per heavy atom. The predicted octanol–water partition coefficient (Wildman–Crippen LogP) is 1.13. The number of hydrogen-bond donors (Lipinski definition) is 2. The number of methoxy groups -OCH3 is 1. The standard InChI is InChI=1S/C11H15N3O2/c1-7-8(4-3-5-10(15)16-2)6-9(12)11(13)14-7/h3-4,6H,5,12H2,1-2H3,(H2,13,14). The molecule has 0 aliphatic carbocycles. The summed E-state index contributed by atoms with van der Waals surface area (Å²) >= 11 is 0. The molecule has 1 aromatic rings. The Hall–Kier alpha value is -2.04. The Morgan fingerprint density at radius 1 is 1.56 bits per heavy atom. The molecule has 1 heterocycles. The van der Waals surface area contributed by atoms with Gasteiger partial charge >= 0.3 is 5.97 Å². The molecule has 0 aromatic carbocycles. The van der Waals surface area contributed by atoms with E-state index in [1.54, 1.807) is 18.2 Å². The lowest BCUT2D eigenvalue weighted by Gasteiger charge is -2.04. The van der Waals surface area contributed by atoms with Crippen molar-refractivity contribution in [1.82, 2.24) is 4.98 Å². The van der Waals surface area contributed by atoms with Gasteiger partial charge in [0.25, 0.3) is 0 Å². The first-order valence-corrected chi connectivity index (χ1v) is 4.80. The molecule has 5 nitrogen and oxygen atoms in total. The highest BCUT2D eigenvalue weighted by Crippen LogP contribution is 2.17. The molecule has 5 heteroatoms. The number of ether oxygens (including phenoxy) is 1. The number of carbonyl (C=O) groups is 1. The first-order chi connectivity index (χ1) is 7.54. The van der Waals surface area contributed by atoms with Crippen molar-refractivity contribution in [2.45, 2.75) is 13.3 Å². The van der Waals surface area contributed by atoms with Crippen molar-refractivity contribution in [3.05, 3.63) is 23.4 Å². The molecule has 0 fully saturated rings. The average Bonchev–Trinajstić information content (AvgIpc) is 2.25. The number of nitrogens with zero attached hydrogens (tertiary/aromatic N) is 1. The van der Waals surface area contributed by atoms with Crippen molar-refractivity contribution in [3.63, 3.8) is 0 Å². The van der Waals surface area contributed by atoms with Crippen LogP contribution < -0.4 is 11.5 Å². The molecular formula is C11H15N3O2. The Balaban J connectivity index is 2.81. The van der Waals surface area contributed by atoms with Gasteiger partial charge in [0.15, 0.2) is 0 Å². The van der Waals surface area contributed by atoms with Gasteiger partial charge < -0.3 is 16.2 Å². The van der Waals surface area contributed by atoms with Gasteiger partial charge in [-0.1, -0.05) is 12.2 Å². The van der Waals surface area contributed by atoms with Crippen molar-refractivity contribution in [1.29, 1.82) is 0 Å². The second kappa shape index (κ2) is 5.16. The zero-order valence-corrected chi connectivity index (χ0v) is 9.36. The van der Waals surface area contributed by atoms with E-state index in [2.05, 4.69) is 9.72 Å². The van der Waals surface area contributed by atoms with Crippen molar-refractivity contribution < 1.29 is 9.53 Å². The van der Waals surface area contributed by atoms with Crippen molar-refractivity contribution >= 4 is 23.6 Å². The normalized spacial score (nSPS) is 10.6. The van der Waals surface area contributed by atoms with Gasteiger partial charge in [-0.05, 0) is 18.6 Å². The number of pyridine rings is 1. The average molecular weight is 221 g/mol. The SMILES string of the molecule is COC(=O)CC=Cc1cc(N)c(N)nc1C. The minimum Gasteiger partial charge on any atom is -0.469 e. The maximum absolute atomic E-state index is 10.9. The van der Waals surface area contributed by atoms with E-state index in [-0.39, 0.29) is 12.4 Å². The highest BCUT2D eigenvalue weighted by atomic mass is 16.5. The lowest BCUT2D eigenvalue weighted by molar-refractivity contribution is -0.139. The summed E-state index contributed by atoms with van der Waals surface area (Å²) < 4.78 is 4.51. The highest BCUT2D eigenvalue weighted by Gasteiger charge is 2.02. The summed E-state index contributed by atoms with van der Waals surface area (Å²) in [6, 6.07) is 1.73. The lowest BCUT2D eigenvalue weighted by Crippen LogP contribution is -2.01. The number of nitrogen functional groups attached to an aromatic ring is 2. The van der Waals surface area contributed by atoms with Crippen LogP contribution in [0, 0.1) is 6.92 Å². The van der Waals surface area contributed by atoms with Gasteiger partial charge in [-0.15, -0.1) is 0 Å². The van der Waals surface area contributed by atoms with E-state index >= 15 is 0 Å². The second-order valence-corrected chi connectivity index (χ2v) is 3.32. The van der Waals surface area contributed by atoms with Gasteiger partial charge in [0, 0.05) is 5.69 Å². The van der Waals surface area contributed by atoms with Crippen LogP contribution in [0.2, 0.25) is 0 Å². The molecule has 16 heavy (non-hydrogen) atoms. The van der Waals surface area contributed by atoms with Gasteiger partial charge in [-0.2, -0.15) is 0 Å². The lowest BCUT2D eigenvalue weighted by atomic mass is 10.1. The largest absolute Gasteiger partial charge is 0.469 e. The van der Waals surface area contributed by atoms with Crippen LogP contribution in [-0.4, -0.2) is 18.1 Å². The van der Waals surface area contributed by atoms with Crippen molar-refractivity contribution in [3.8, 4) is 0 Å².